The maximum absolute atomic E-state index is 10.6. The number of nitrogens with one attached hydrogen (secondary N) is 1. The van der Waals surface area contributed by atoms with Crippen molar-refractivity contribution in [2.75, 3.05) is 32.7 Å². The van der Waals surface area contributed by atoms with E-state index in [1.165, 1.54) is 51.6 Å². The second-order valence-corrected chi connectivity index (χ2v) is 6.96. The predicted molar refractivity (Wildman–Crippen MR) is 73.6 cm³/mol. The first kappa shape index (κ1) is 12.9. The van der Waals surface area contributed by atoms with Crippen LogP contribution in [0.25, 0.3) is 0 Å². The van der Waals surface area contributed by atoms with Crippen molar-refractivity contribution in [3.8, 4) is 0 Å². The Balaban J connectivity index is 1.50. The smallest absolute Gasteiger partial charge is 0.0798 e. The molecule has 3 nitrogen and oxygen atoms in total. The van der Waals surface area contributed by atoms with Crippen molar-refractivity contribution >= 4 is 0 Å². The second-order valence-electron chi connectivity index (χ2n) is 6.96. The molecule has 0 aromatic carbocycles. The van der Waals surface area contributed by atoms with Gasteiger partial charge in [-0.2, -0.15) is 0 Å². The van der Waals surface area contributed by atoms with Gasteiger partial charge in [0.05, 0.1) is 5.60 Å². The summed E-state index contributed by atoms with van der Waals surface area (Å²) in [5.74, 6) is 0. The van der Waals surface area contributed by atoms with Crippen molar-refractivity contribution in [2.24, 2.45) is 5.41 Å². The molecule has 0 amide bonds. The molecule has 2 N–H and O–H groups in total. The quantitative estimate of drug-likeness (QED) is 0.786. The maximum atomic E-state index is 10.6. The lowest BCUT2D eigenvalue weighted by molar-refractivity contribution is -0.0343. The Hall–Kier alpha value is -0.120. The van der Waals surface area contributed by atoms with Gasteiger partial charge in [0.25, 0.3) is 0 Å². The summed E-state index contributed by atoms with van der Waals surface area (Å²) >= 11 is 0. The molecule has 3 fully saturated rings. The Morgan fingerprint density at radius 2 is 1.50 bits per heavy atom. The van der Waals surface area contributed by atoms with Crippen LogP contribution < -0.4 is 5.32 Å². The molecule has 2 saturated heterocycles. The van der Waals surface area contributed by atoms with Gasteiger partial charge < -0.3 is 15.3 Å². The number of rotatable bonds is 2. The minimum Gasteiger partial charge on any atom is -0.388 e. The molecule has 3 heteroatoms. The molecule has 0 radical (unpaired) electrons. The largest absolute Gasteiger partial charge is 0.388 e. The van der Waals surface area contributed by atoms with Gasteiger partial charge in [-0.3, -0.25) is 0 Å². The lowest BCUT2D eigenvalue weighted by atomic mass is 9.76. The van der Waals surface area contributed by atoms with Crippen LogP contribution in [0.2, 0.25) is 0 Å². The summed E-state index contributed by atoms with van der Waals surface area (Å²) in [5, 5.41) is 13.9. The van der Waals surface area contributed by atoms with E-state index in [4.69, 9.17) is 0 Å². The fourth-order valence-electron chi connectivity index (χ4n) is 4.28. The normalized spacial score (nSPS) is 31.8. The summed E-state index contributed by atoms with van der Waals surface area (Å²) in [5.41, 5.74) is 0.290. The van der Waals surface area contributed by atoms with Crippen LogP contribution in [0.15, 0.2) is 0 Å². The van der Waals surface area contributed by atoms with E-state index >= 15 is 0 Å². The monoisotopic (exact) mass is 252 g/mol. The number of likely N-dealkylation sites (tertiary alicyclic amines) is 1. The van der Waals surface area contributed by atoms with Gasteiger partial charge in [0.2, 0.25) is 0 Å². The summed E-state index contributed by atoms with van der Waals surface area (Å²) in [6.45, 7) is 5.30. The third-order valence-electron chi connectivity index (χ3n) is 5.63. The van der Waals surface area contributed by atoms with Crippen molar-refractivity contribution in [3.05, 3.63) is 0 Å². The van der Waals surface area contributed by atoms with E-state index in [9.17, 15) is 5.11 Å². The van der Waals surface area contributed by atoms with Gasteiger partial charge in [0, 0.05) is 6.54 Å². The van der Waals surface area contributed by atoms with Gasteiger partial charge in [-0.25, -0.2) is 0 Å². The Morgan fingerprint density at radius 1 is 0.889 bits per heavy atom. The van der Waals surface area contributed by atoms with Crippen LogP contribution >= 0.6 is 0 Å². The highest BCUT2D eigenvalue weighted by Crippen LogP contribution is 2.46. The van der Waals surface area contributed by atoms with Crippen LogP contribution in [-0.2, 0) is 0 Å². The molecule has 0 unspecified atom stereocenters. The van der Waals surface area contributed by atoms with E-state index in [0.29, 0.717) is 5.41 Å². The second kappa shape index (κ2) is 5.10. The van der Waals surface area contributed by atoms with Crippen molar-refractivity contribution in [1.29, 1.82) is 0 Å². The molecule has 0 bridgehead atoms. The number of β-amino-alcohol motifs (C(OH)–C–C–N with tert-alkyl or cyclic N) is 1. The third-order valence-corrected chi connectivity index (χ3v) is 5.63. The zero-order chi connectivity index (χ0) is 12.5. The molecule has 18 heavy (non-hydrogen) atoms. The summed E-state index contributed by atoms with van der Waals surface area (Å²) in [7, 11) is 0. The summed E-state index contributed by atoms with van der Waals surface area (Å²) in [4.78, 5) is 2.52. The lowest BCUT2D eigenvalue weighted by Gasteiger charge is -2.43. The fraction of sp³-hybridized carbons (Fsp3) is 1.00. The minimum absolute atomic E-state index is 0.411. The maximum Gasteiger partial charge on any atom is 0.0798 e. The van der Waals surface area contributed by atoms with E-state index in [1.54, 1.807) is 0 Å². The first-order valence-electron chi connectivity index (χ1n) is 7.85. The highest BCUT2D eigenvalue weighted by atomic mass is 16.3. The zero-order valence-electron chi connectivity index (χ0n) is 11.6. The van der Waals surface area contributed by atoms with Crippen molar-refractivity contribution in [3.63, 3.8) is 0 Å². The van der Waals surface area contributed by atoms with Gasteiger partial charge >= 0.3 is 0 Å². The molecule has 0 atom stereocenters. The van der Waals surface area contributed by atoms with E-state index in [1.807, 2.05) is 0 Å². The number of nitrogens with zero attached hydrogens (tertiary/aromatic N) is 1. The first-order valence-corrected chi connectivity index (χ1v) is 7.85. The van der Waals surface area contributed by atoms with Gasteiger partial charge in [-0.1, -0.05) is 12.8 Å². The van der Waals surface area contributed by atoms with E-state index < -0.39 is 5.60 Å². The highest BCUT2D eigenvalue weighted by Gasteiger charge is 2.39. The average molecular weight is 252 g/mol. The molecule has 1 spiro atoms. The molecule has 0 aromatic rings. The van der Waals surface area contributed by atoms with Crippen LogP contribution in [0.3, 0.4) is 0 Å². The van der Waals surface area contributed by atoms with Crippen molar-refractivity contribution in [1.82, 2.24) is 10.2 Å². The Labute approximate surface area is 111 Å². The van der Waals surface area contributed by atoms with Crippen LogP contribution in [0.4, 0.5) is 0 Å². The molecule has 1 aliphatic carbocycles. The molecule has 3 aliphatic rings. The zero-order valence-corrected chi connectivity index (χ0v) is 11.6. The SMILES string of the molecule is OC1(CN2CCC3(CCCC3)CC2)CCNCC1. The molecule has 2 heterocycles. The van der Waals surface area contributed by atoms with Crippen LogP contribution in [0.5, 0.6) is 0 Å². The minimum atomic E-state index is -0.411. The molecule has 104 valence electrons. The van der Waals surface area contributed by atoms with Gasteiger partial charge in [-0.15, -0.1) is 0 Å². The van der Waals surface area contributed by atoms with Crippen molar-refractivity contribution < 1.29 is 5.11 Å². The third kappa shape index (κ3) is 2.73. The molecule has 2 aliphatic heterocycles. The summed E-state index contributed by atoms with van der Waals surface area (Å²) in [6, 6.07) is 0. The van der Waals surface area contributed by atoms with Gasteiger partial charge in [0.1, 0.15) is 0 Å². The Bertz CT molecular complexity index is 270. The predicted octanol–water partition coefficient (Wildman–Crippen LogP) is 1.76. The van der Waals surface area contributed by atoms with E-state index in [2.05, 4.69) is 10.2 Å². The highest BCUT2D eigenvalue weighted by molar-refractivity contribution is 4.93. The number of hydrogen-bond acceptors (Lipinski definition) is 3. The molecular weight excluding hydrogens is 224 g/mol. The molecular formula is C15H28N2O. The fourth-order valence-corrected chi connectivity index (χ4v) is 4.28. The number of piperidine rings is 2. The van der Waals surface area contributed by atoms with Crippen LogP contribution in [0.1, 0.15) is 51.4 Å². The topological polar surface area (TPSA) is 35.5 Å². The molecule has 1 saturated carbocycles. The first-order chi connectivity index (χ1) is 8.70. The number of hydrogen-bond donors (Lipinski definition) is 2. The average Bonchev–Trinajstić information content (AvgIpc) is 2.82. The summed E-state index contributed by atoms with van der Waals surface area (Å²) < 4.78 is 0. The van der Waals surface area contributed by atoms with Crippen LogP contribution in [-0.4, -0.2) is 48.3 Å². The summed E-state index contributed by atoms with van der Waals surface area (Å²) in [6.07, 6.45) is 10.4. The Morgan fingerprint density at radius 3 is 2.11 bits per heavy atom. The molecule has 0 aromatic heterocycles. The molecule has 3 rings (SSSR count). The van der Waals surface area contributed by atoms with E-state index in [-0.39, 0.29) is 0 Å². The van der Waals surface area contributed by atoms with E-state index in [0.717, 1.165) is 32.5 Å². The van der Waals surface area contributed by atoms with Crippen molar-refractivity contribution in [2.45, 2.75) is 57.0 Å². The van der Waals surface area contributed by atoms with Crippen LogP contribution in [0, 0.1) is 5.41 Å². The Kier molecular flexibility index (Phi) is 3.65. The standard InChI is InChI=1S/C15H28N2O/c18-15(5-9-16-10-6-15)13-17-11-7-14(8-12-17)3-1-2-4-14/h16,18H,1-13H2. The van der Waals surface area contributed by atoms with Gasteiger partial charge in [-0.05, 0) is 70.1 Å². The lowest BCUT2D eigenvalue weighted by Crippen LogP contribution is -2.52. The number of aliphatic hydroxyl groups is 1. The van der Waals surface area contributed by atoms with Gasteiger partial charge in [0.15, 0.2) is 0 Å².